The van der Waals surface area contributed by atoms with Crippen molar-refractivity contribution in [3.05, 3.63) is 35.6 Å². The maximum absolute atomic E-state index is 13.5. The highest BCUT2D eigenvalue weighted by Crippen LogP contribution is 2.13. The normalized spacial score (nSPS) is 21.4. The maximum Gasteiger partial charge on any atom is 0.322 e. The highest BCUT2D eigenvalue weighted by Gasteiger charge is 2.28. The van der Waals surface area contributed by atoms with Gasteiger partial charge in [-0.2, -0.15) is 0 Å². The van der Waals surface area contributed by atoms with Gasteiger partial charge in [-0.15, -0.1) is 0 Å². The van der Waals surface area contributed by atoms with Crippen molar-refractivity contribution in [2.45, 2.75) is 12.6 Å². The quantitative estimate of drug-likeness (QED) is 0.813. The minimum Gasteiger partial charge on any atom is -0.480 e. The number of nitrogens with zero attached hydrogens (tertiary/aromatic N) is 1. The monoisotopic (exact) mass is 238 g/mol. The topological polar surface area (TPSA) is 52.6 Å². The van der Waals surface area contributed by atoms with Crippen LogP contribution in [0, 0.1) is 5.82 Å². The van der Waals surface area contributed by atoms with E-state index in [0.717, 1.165) is 6.54 Å². The fourth-order valence-corrected chi connectivity index (χ4v) is 2.02. The van der Waals surface area contributed by atoms with Crippen molar-refractivity contribution in [3.8, 4) is 0 Å². The first-order valence-corrected chi connectivity index (χ1v) is 5.59. The summed E-state index contributed by atoms with van der Waals surface area (Å²) >= 11 is 0. The lowest BCUT2D eigenvalue weighted by molar-refractivity contribution is -0.144. The van der Waals surface area contributed by atoms with Crippen LogP contribution in [0.25, 0.3) is 0 Å². The summed E-state index contributed by atoms with van der Waals surface area (Å²) < 4.78 is 13.5. The largest absolute Gasteiger partial charge is 0.480 e. The number of carboxylic acids is 1. The molecule has 0 radical (unpaired) electrons. The van der Waals surface area contributed by atoms with Crippen molar-refractivity contribution in [1.82, 2.24) is 10.2 Å². The van der Waals surface area contributed by atoms with Gasteiger partial charge >= 0.3 is 5.97 Å². The molecule has 4 nitrogen and oxygen atoms in total. The average Bonchev–Trinajstić information content (AvgIpc) is 2.32. The van der Waals surface area contributed by atoms with Crippen LogP contribution in [-0.2, 0) is 11.3 Å². The SMILES string of the molecule is O=C(O)[C@@H]1CNCCN1Cc1ccccc1F. The summed E-state index contributed by atoms with van der Waals surface area (Å²) in [5, 5.41) is 12.1. The number of aliphatic carboxylic acids is 1. The van der Waals surface area contributed by atoms with Gasteiger partial charge < -0.3 is 10.4 Å². The fraction of sp³-hybridized carbons (Fsp3) is 0.417. The number of carboxylic acid groups (broad SMARTS) is 1. The van der Waals surface area contributed by atoms with Crippen LogP contribution in [0.1, 0.15) is 5.56 Å². The van der Waals surface area contributed by atoms with Crippen molar-refractivity contribution in [2.75, 3.05) is 19.6 Å². The molecule has 17 heavy (non-hydrogen) atoms. The summed E-state index contributed by atoms with van der Waals surface area (Å²) in [5.41, 5.74) is 0.542. The lowest BCUT2D eigenvalue weighted by Crippen LogP contribution is -2.54. The smallest absolute Gasteiger partial charge is 0.322 e. The zero-order valence-electron chi connectivity index (χ0n) is 9.40. The Kier molecular flexibility index (Phi) is 3.71. The van der Waals surface area contributed by atoms with E-state index in [4.69, 9.17) is 5.11 Å². The van der Waals surface area contributed by atoms with Crippen molar-refractivity contribution >= 4 is 5.97 Å². The summed E-state index contributed by atoms with van der Waals surface area (Å²) in [6, 6.07) is 5.90. The van der Waals surface area contributed by atoms with Gasteiger partial charge in [0, 0.05) is 31.7 Å². The van der Waals surface area contributed by atoms with E-state index in [0.29, 0.717) is 25.2 Å². The molecule has 1 aromatic carbocycles. The van der Waals surface area contributed by atoms with E-state index in [1.54, 1.807) is 23.1 Å². The molecule has 1 fully saturated rings. The Morgan fingerprint density at radius 1 is 1.53 bits per heavy atom. The Labute approximate surface area is 99.0 Å². The van der Waals surface area contributed by atoms with Crippen molar-refractivity contribution in [2.24, 2.45) is 0 Å². The van der Waals surface area contributed by atoms with Crippen LogP contribution in [0.3, 0.4) is 0 Å². The molecule has 1 heterocycles. The Morgan fingerprint density at radius 3 is 3.00 bits per heavy atom. The van der Waals surface area contributed by atoms with Gasteiger partial charge in [-0.25, -0.2) is 4.39 Å². The van der Waals surface area contributed by atoms with Gasteiger partial charge in [0.15, 0.2) is 0 Å². The molecule has 1 aliphatic rings. The highest BCUT2D eigenvalue weighted by molar-refractivity contribution is 5.74. The van der Waals surface area contributed by atoms with Gasteiger partial charge in [-0.1, -0.05) is 18.2 Å². The van der Waals surface area contributed by atoms with Crippen LogP contribution in [0.5, 0.6) is 0 Å². The summed E-state index contributed by atoms with van der Waals surface area (Å²) in [4.78, 5) is 12.9. The first-order chi connectivity index (χ1) is 8.18. The Morgan fingerprint density at radius 2 is 2.29 bits per heavy atom. The molecule has 0 aliphatic carbocycles. The number of benzene rings is 1. The van der Waals surface area contributed by atoms with E-state index >= 15 is 0 Å². The zero-order valence-corrected chi connectivity index (χ0v) is 9.40. The van der Waals surface area contributed by atoms with E-state index in [2.05, 4.69) is 5.32 Å². The molecule has 2 N–H and O–H groups in total. The lowest BCUT2D eigenvalue weighted by Gasteiger charge is -2.33. The molecular weight excluding hydrogens is 223 g/mol. The van der Waals surface area contributed by atoms with Gasteiger partial charge in [-0.3, -0.25) is 9.69 Å². The molecule has 0 saturated carbocycles. The molecule has 1 aromatic rings. The van der Waals surface area contributed by atoms with Crippen LogP contribution in [-0.4, -0.2) is 41.7 Å². The predicted molar refractivity (Wildman–Crippen MR) is 61.1 cm³/mol. The number of hydrogen-bond acceptors (Lipinski definition) is 3. The second-order valence-corrected chi connectivity index (χ2v) is 4.12. The van der Waals surface area contributed by atoms with E-state index in [1.807, 2.05) is 0 Å². The number of rotatable bonds is 3. The van der Waals surface area contributed by atoms with Crippen LogP contribution in [0.4, 0.5) is 4.39 Å². The molecular formula is C12H15FN2O2. The van der Waals surface area contributed by atoms with Gasteiger partial charge in [0.1, 0.15) is 11.9 Å². The van der Waals surface area contributed by atoms with E-state index < -0.39 is 12.0 Å². The molecule has 1 aliphatic heterocycles. The molecule has 0 bridgehead atoms. The van der Waals surface area contributed by atoms with Crippen LogP contribution in [0.2, 0.25) is 0 Å². The van der Waals surface area contributed by atoms with E-state index in [-0.39, 0.29) is 5.82 Å². The molecule has 0 unspecified atom stereocenters. The number of carbonyl (C=O) groups is 1. The highest BCUT2D eigenvalue weighted by atomic mass is 19.1. The zero-order chi connectivity index (χ0) is 12.3. The number of halogens is 1. The summed E-state index contributed by atoms with van der Waals surface area (Å²) in [5.74, 6) is -1.15. The van der Waals surface area contributed by atoms with Crippen LogP contribution >= 0.6 is 0 Å². The minimum atomic E-state index is -0.867. The molecule has 0 amide bonds. The Hall–Kier alpha value is -1.46. The van der Waals surface area contributed by atoms with Crippen LogP contribution < -0.4 is 5.32 Å². The first-order valence-electron chi connectivity index (χ1n) is 5.59. The van der Waals surface area contributed by atoms with Crippen molar-refractivity contribution < 1.29 is 14.3 Å². The summed E-state index contributed by atoms with van der Waals surface area (Å²) in [6.45, 7) is 2.10. The summed E-state index contributed by atoms with van der Waals surface area (Å²) in [6.07, 6.45) is 0. The average molecular weight is 238 g/mol. The molecule has 1 atom stereocenters. The number of piperazine rings is 1. The van der Waals surface area contributed by atoms with Gasteiger partial charge in [0.2, 0.25) is 0 Å². The molecule has 5 heteroatoms. The van der Waals surface area contributed by atoms with Gasteiger partial charge in [-0.05, 0) is 6.07 Å². The lowest BCUT2D eigenvalue weighted by atomic mass is 10.1. The third kappa shape index (κ3) is 2.81. The van der Waals surface area contributed by atoms with Crippen LogP contribution in [0.15, 0.2) is 24.3 Å². The minimum absolute atomic E-state index is 0.282. The van der Waals surface area contributed by atoms with Crippen molar-refractivity contribution in [3.63, 3.8) is 0 Å². The fourth-order valence-electron chi connectivity index (χ4n) is 2.02. The van der Waals surface area contributed by atoms with Gasteiger partial charge in [0.25, 0.3) is 0 Å². The second kappa shape index (κ2) is 5.25. The van der Waals surface area contributed by atoms with Crippen molar-refractivity contribution in [1.29, 1.82) is 0 Å². The Bertz CT molecular complexity index is 411. The van der Waals surface area contributed by atoms with E-state index in [1.165, 1.54) is 6.07 Å². The molecule has 0 aromatic heterocycles. The molecule has 0 spiro atoms. The third-order valence-electron chi connectivity index (χ3n) is 2.97. The standard InChI is InChI=1S/C12H15FN2O2/c13-10-4-2-1-3-9(10)8-15-6-5-14-7-11(15)12(16)17/h1-4,11,14H,5-8H2,(H,16,17)/t11-/m0/s1. The molecule has 2 rings (SSSR count). The number of nitrogens with one attached hydrogen (secondary N) is 1. The molecule has 92 valence electrons. The third-order valence-corrected chi connectivity index (χ3v) is 2.97. The first kappa shape index (κ1) is 12.0. The second-order valence-electron chi connectivity index (χ2n) is 4.12. The van der Waals surface area contributed by atoms with Gasteiger partial charge in [0.05, 0.1) is 0 Å². The summed E-state index contributed by atoms with van der Waals surface area (Å²) in [7, 11) is 0. The molecule has 1 saturated heterocycles. The predicted octanol–water partition coefficient (Wildman–Crippen LogP) is 0.684. The number of hydrogen-bond donors (Lipinski definition) is 2. The Balaban J connectivity index is 2.11. The maximum atomic E-state index is 13.5. The van der Waals surface area contributed by atoms with E-state index in [9.17, 15) is 9.18 Å².